The first-order chi connectivity index (χ1) is 47.3. The summed E-state index contributed by atoms with van der Waals surface area (Å²) in [7, 11) is 0. The number of hydrogen-bond donors (Lipinski definition) is 1. The molecule has 0 amide bonds. The van der Waals surface area contributed by atoms with Crippen LogP contribution in [-0.4, -0.2) is 38.1 Å². The van der Waals surface area contributed by atoms with E-state index >= 15 is 0 Å². The molecule has 8 rings (SSSR count). The first-order valence-electron chi connectivity index (χ1n) is 35.2. The van der Waals surface area contributed by atoms with Gasteiger partial charge in [-0.1, -0.05) is 226 Å². The zero-order chi connectivity index (χ0) is 67.0. The molecule has 0 radical (unpaired) electrons. The fraction of sp³-hybridized carbons (Fsp3) is 0.333. The molecule has 0 saturated heterocycles. The molecule has 96 heavy (non-hydrogen) atoms. The molecule has 490 valence electrons. The Kier molecular flexibility index (Phi) is 31.1. The molecule has 0 aliphatic carbocycles. The molecule has 0 bridgehead atoms. The van der Waals surface area contributed by atoms with E-state index in [2.05, 4.69) is 106 Å². The monoisotopic (exact) mass is 1270 g/mol. The fourth-order valence-corrected chi connectivity index (χ4v) is 10.5. The van der Waals surface area contributed by atoms with Gasteiger partial charge in [0, 0.05) is 33.4 Å². The summed E-state index contributed by atoms with van der Waals surface area (Å²) in [4.78, 5) is 0. The van der Waals surface area contributed by atoms with Gasteiger partial charge in [-0.15, -0.1) is 0 Å². The summed E-state index contributed by atoms with van der Waals surface area (Å²) in [5, 5.41) is 10.1. The van der Waals surface area contributed by atoms with Gasteiger partial charge >= 0.3 is 0 Å². The molecule has 1 N–H and O–H groups in total. The molecule has 8 aromatic carbocycles. The average molecular weight is 1270 g/mol. The topological polar surface area (TPSA) is 66.4 Å². The summed E-state index contributed by atoms with van der Waals surface area (Å²) in [6.45, 7) is 14.3. The predicted molar refractivity (Wildman–Crippen MR) is 396 cm³/mol. The summed E-state index contributed by atoms with van der Waals surface area (Å²) in [5.41, 5.74) is 9.94. The highest BCUT2D eigenvalue weighted by Gasteiger charge is 2.21. The van der Waals surface area contributed by atoms with E-state index in [0.717, 1.165) is 137 Å². The van der Waals surface area contributed by atoms with Crippen molar-refractivity contribution in [1.29, 1.82) is 0 Å². The van der Waals surface area contributed by atoms with Crippen LogP contribution in [0.15, 0.2) is 170 Å². The van der Waals surface area contributed by atoms with E-state index in [1.807, 2.05) is 158 Å². The third kappa shape index (κ3) is 24.7. The van der Waals surface area contributed by atoms with Gasteiger partial charge in [0.2, 0.25) is 0 Å². The maximum absolute atomic E-state index is 10.1. The summed E-state index contributed by atoms with van der Waals surface area (Å²) >= 11 is 0. The molecule has 0 aliphatic heterocycles. The predicted octanol–water partition coefficient (Wildman–Crippen LogP) is 21.3. The zero-order valence-electron chi connectivity index (χ0n) is 57.3. The molecule has 6 nitrogen and oxygen atoms in total. The number of ether oxygens (including phenoxy) is 5. The lowest BCUT2D eigenvalue weighted by Gasteiger charge is -2.13. The number of benzene rings is 8. The molecule has 0 heterocycles. The Morgan fingerprint density at radius 3 is 0.573 bits per heavy atom. The first-order valence-corrected chi connectivity index (χ1v) is 35.2. The number of hydrogen-bond acceptors (Lipinski definition) is 6. The van der Waals surface area contributed by atoms with Crippen LogP contribution < -0.4 is 23.7 Å². The number of phenols is 1. The second-order valence-corrected chi connectivity index (χ2v) is 24.0. The molecule has 0 saturated carbocycles. The number of aromatic hydroxyl groups is 1. The van der Waals surface area contributed by atoms with Crippen molar-refractivity contribution >= 4 is 0 Å². The van der Waals surface area contributed by atoms with E-state index in [-0.39, 0.29) is 5.75 Å². The molecular weight excluding hydrogens is 1180 g/mol. The van der Waals surface area contributed by atoms with Crippen LogP contribution in [0.3, 0.4) is 0 Å². The highest BCUT2D eigenvalue weighted by Crippen LogP contribution is 2.30. The number of unbranched alkanes of at least 4 members (excludes halogenated alkanes) is 15. The minimum absolute atomic E-state index is 0.210. The Hall–Kier alpha value is -10.1. The zero-order valence-corrected chi connectivity index (χ0v) is 57.3. The summed E-state index contributed by atoms with van der Waals surface area (Å²) in [5.74, 6) is 47.5. The van der Waals surface area contributed by atoms with E-state index in [0.29, 0.717) is 66.4 Å². The lowest BCUT2D eigenvalue weighted by atomic mass is 9.86. The molecule has 0 aromatic heterocycles. The second-order valence-electron chi connectivity index (χ2n) is 24.0. The van der Waals surface area contributed by atoms with E-state index in [1.54, 1.807) is 12.1 Å². The standard InChI is InChI=1S/C90H94O6/c1-6-11-16-21-66-92-80-50-28-72(29-51-80)39-61-86-85(60-38-71-26-44-77(45-27-71)78-46-48-79(91)49-47-78)87(62-40-73-30-52-81(53-31-73)93-67-22-17-12-7-2)89(64-42-75-34-56-83(57-35-75)95-69-24-19-14-9-4)90(65-43-76-36-58-84(59-37-76)96-70-25-20-15-10-5)88(86)63-41-74-32-54-82(55-33-74)94-68-23-18-13-8-3/h26-37,44-59,91H,6-25,66-70H2,1-5H3. The van der Waals surface area contributed by atoms with Crippen LogP contribution in [0.2, 0.25) is 0 Å². The second kappa shape index (κ2) is 41.6. The first kappa shape index (κ1) is 71.8. The van der Waals surface area contributed by atoms with Gasteiger partial charge in [-0.3, -0.25) is 0 Å². The Morgan fingerprint density at radius 1 is 0.208 bits per heavy atom. The van der Waals surface area contributed by atoms with Crippen LogP contribution in [0.4, 0.5) is 0 Å². The Morgan fingerprint density at radius 2 is 0.385 bits per heavy atom. The van der Waals surface area contributed by atoms with Crippen molar-refractivity contribution in [2.75, 3.05) is 33.0 Å². The lowest BCUT2D eigenvalue weighted by Crippen LogP contribution is -2.05. The summed E-state index contributed by atoms with van der Waals surface area (Å²) in [6, 6.07) is 55.1. The maximum Gasteiger partial charge on any atom is 0.119 e. The van der Waals surface area contributed by atoms with Crippen molar-refractivity contribution in [2.45, 2.75) is 163 Å². The summed E-state index contributed by atoms with van der Waals surface area (Å²) < 4.78 is 31.0. The molecular formula is C90H94O6. The van der Waals surface area contributed by atoms with Crippen LogP contribution in [0.1, 0.15) is 230 Å². The van der Waals surface area contributed by atoms with Crippen molar-refractivity contribution in [1.82, 2.24) is 0 Å². The fourth-order valence-electron chi connectivity index (χ4n) is 10.5. The maximum atomic E-state index is 10.1. The van der Waals surface area contributed by atoms with Gasteiger partial charge in [-0.2, -0.15) is 0 Å². The van der Waals surface area contributed by atoms with Crippen molar-refractivity contribution in [3.63, 3.8) is 0 Å². The third-order valence-electron chi connectivity index (χ3n) is 16.2. The minimum Gasteiger partial charge on any atom is -0.508 e. The molecule has 8 aromatic rings. The van der Waals surface area contributed by atoms with Gasteiger partial charge in [0.15, 0.2) is 0 Å². The van der Waals surface area contributed by atoms with Crippen LogP contribution in [0.25, 0.3) is 11.1 Å². The van der Waals surface area contributed by atoms with Crippen LogP contribution in [-0.2, 0) is 0 Å². The van der Waals surface area contributed by atoms with Gasteiger partial charge in [-0.05, 0) is 189 Å². The molecule has 0 unspecified atom stereocenters. The van der Waals surface area contributed by atoms with Crippen molar-refractivity contribution in [2.24, 2.45) is 0 Å². The molecule has 0 atom stereocenters. The largest absolute Gasteiger partial charge is 0.508 e. The molecule has 0 fully saturated rings. The highest BCUT2D eigenvalue weighted by atomic mass is 16.5. The van der Waals surface area contributed by atoms with Gasteiger partial charge in [0.05, 0.1) is 66.4 Å². The molecule has 0 aliphatic rings. The van der Waals surface area contributed by atoms with E-state index in [4.69, 9.17) is 23.7 Å². The van der Waals surface area contributed by atoms with Crippen molar-refractivity contribution < 1.29 is 28.8 Å². The van der Waals surface area contributed by atoms with Crippen molar-refractivity contribution in [3.05, 3.63) is 237 Å². The number of rotatable bonds is 31. The van der Waals surface area contributed by atoms with E-state index in [1.165, 1.54) is 64.2 Å². The minimum atomic E-state index is 0.210. The summed E-state index contributed by atoms with van der Waals surface area (Å²) in [6.07, 6.45) is 22.4. The van der Waals surface area contributed by atoms with Crippen LogP contribution in [0.5, 0.6) is 34.5 Å². The van der Waals surface area contributed by atoms with Gasteiger partial charge in [0.1, 0.15) is 34.5 Å². The smallest absolute Gasteiger partial charge is 0.119 e. The Labute approximate surface area is 575 Å². The van der Waals surface area contributed by atoms with Crippen LogP contribution >= 0.6 is 0 Å². The molecule has 0 spiro atoms. The van der Waals surface area contributed by atoms with E-state index < -0.39 is 0 Å². The normalized spacial score (nSPS) is 10.3. The average Bonchev–Trinajstić information content (AvgIpc) is 0.766. The van der Waals surface area contributed by atoms with Gasteiger partial charge < -0.3 is 28.8 Å². The van der Waals surface area contributed by atoms with Gasteiger partial charge in [0.25, 0.3) is 0 Å². The van der Waals surface area contributed by atoms with Gasteiger partial charge in [-0.25, -0.2) is 0 Å². The van der Waals surface area contributed by atoms with E-state index in [9.17, 15) is 5.11 Å². The SMILES string of the molecule is CCCCCCOc1ccc(C#Cc2c(C#Cc3ccc(OCCCCCC)cc3)c(C#Cc3ccc(OCCCCCC)cc3)c(C#Cc3ccc(-c4ccc(O)cc4)cc3)c(C#Cc3ccc(OCCCCCC)cc3)c2C#Cc2ccc(OCCCCCC)cc2)cc1. The quantitative estimate of drug-likeness (QED) is 0.0345. The Bertz CT molecular complexity index is 3880. The number of phenolic OH excluding ortho intramolecular Hbond substituents is 1. The molecule has 6 heteroatoms. The lowest BCUT2D eigenvalue weighted by molar-refractivity contribution is 0.305. The Balaban J connectivity index is 1.39. The highest BCUT2D eigenvalue weighted by molar-refractivity contribution is 5.79. The van der Waals surface area contributed by atoms with Crippen LogP contribution in [0, 0.1) is 71.0 Å². The third-order valence-corrected chi connectivity index (χ3v) is 16.2. The van der Waals surface area contributed by atoms with Crippen molar-refractivity contribution in [3.8, 4) is 117 Å².